The second kappa shape index (κ2) is 5.05. The monoisotopic (exact) mass is 271 g/mol. The number of pyridine rings is 1. The van der Waals surface area contributed by atoms with Gasteiger partial charge in [-0.2, -0.15) is 5.10 Å². The Bertz CT molecular complexity index is 593. The molecule has 2 aromatic rings. The van der Waals surface area contributed by atoms with Gasteiger partial charge in [-0.25, -0.2) is 9.50 Å². The summed E-state index contributed by atoms with van der Waals surface area (Å²) in [6.07, 6.45) is 7.15. The molecule has 0 radical (unpaired) electrons. The van der Waals surface area contributed by atoms with Crippen LogP contribution in [0.1, 0.15) is 37.4 Å². The molecule has 1 N–H and O–H groups in total. The molecular weight excluding hydrogens is 250 g/mol. The summed E-state index contributed by atoms with van der Waals surface area (Å²) in [7, 11) is 0. The van der Waals surface area contributed by atoms with Gasteiger partial charge in [0.2, 0.25) is 0 Å². The van der Waals surface area contributed by atoms with E-state index in [9.17, 15) is 0 Å². The summed E-state index contributed by atoms with van der Waals surface area (Å²) in [5.74, 6) is 1.47. The number of anilines is 1. The van der Waals surface area contributed by atoms with Crippen LogP contribution in [-0.2, 0) is 0 Å². The zero-order valence-corrected chi connectivity index (χ0v) is 11.8. The average molecular weight is 271 g/mol. The number of nitrogens with zero attached hydrogens (tertiary/aromatic N) is 4. The molecule has 2 aliphatic rings. The number of nitrogens with one attached hydrogen (secondary N) is 1. The van der Waals surface area contributed by atoms with Gasteiger partial charge in [0.05, 0.1) is 11.9 Å². The second-order valence-electron chi connectivity index (χ2n) is 5.90. The van der Waals surface area contributed by atoms with Crippen LogP contribution in [0.15, 0.2) is 18.3 Å². The molecule has 2 aromatic heterocycles. The van der Waals surface area contributed by atoms with Crippen molar-refractivity contribution in [3.8, 4) is 0 Å². The lowest BCUT2D eigenvalue weighted by Gasteiger charge is -2.19. The molecule has 0 saturated carbocycles. The number of fused-ring (bicyclic) bond motifs is 1. The maximum absolute atomic E-state index is 4.71. The first-order valence-electron chi connectivity index (χ1n) is 7.72. The summed E-state index contributed by atoms with van der Waals surface area (Å²) in [5, 5.41) is 8.14. The highest BCUT2D eigenvalue weighted by atomic mass is 15.3. The van der Waals surface area contributed by atoms with E-state index in [0.717, 1.165) is 24.6 Å². The second-order valence-corrected chi connectivity index (χ2v) is 5.90. The van der Waals surface area contributed by atoms with Gasteiger partial charge in [0.15, 0.2) is 11.5 Å². The van der Waals surface area contributed by atoms with Crippen LogP contribution in [0.5, 0.6) is 0 Å². The summed E-state index contributed by atoms with van der Waals surface area (Å²) >= 11 is 0. The van der Waals surface area contributed by atoms with E-state index in [4.69, 9.17) is 10.1 Å². The van der Waals surface area contributed by atoms with Crippen LogP contribution in [0, 0.1) is 0 Å². The molecule has 20 heavy (non-hydrogen) atoms. The van der Waals surface area contributed by atoms with E-state index in [1.807, 2.05) is 4.52 Å². The van der Waals surface area contributed by atoms with Gasteiger partial charge < -0.3 is 10.2 Å². The van der Waals surface area contributed by atoms with Gasteiger partial charge in [-0.15, -0.1) is 0 Å². The quantitative estimate of drug-likeness (QED) is 0.904. The lowest BCUT2D eigenvalue weighted by atomic mass is 9.99. The molecule has 0 spiro atoms. The van der Waals surface area contributed by atoms with Crippen LogP contribution in [-0.4, -0.2) is 40.8 Å². The fourth-order valence-electron chi connectivity index (χ4n) is 3.30. The first kappa shape index (κ1) is 12.1. The molecule has 2 fully saturated rings. The summed E-state index contributed by atoms with van der Waals surface area (Å²) in [5.41, 5.74) is 2.24. The molecular formula is C15H21N5. The smallest absolute Gasteiger partial charge is 0.156 e. The Morgan fingerprint density at radius 3 is 2.85 bits per heavy atom. The van der Waals surface area contributed by atoms with Gasteiger partial charge in [-0.3, -0.25) is 0 Å². The number of hydrogen-bond donors (Lipinski definition) is 1. The highest BCUT2D eigenvalue weighted by Gasteiger charge is 2.20. The summed E-state index contributed by atoms with van der Waals surface area (Å²) < 4.78 is 1.96. The van der Waals surface area contributed by atoms with Gasteiger partial charge in [0, 0.05) is 25.6 Å². The van der Waals surface area contributed by atoms with Crippen LogP contribution in [0.4, 0.5) is 5.69 Å². The highest BCUT2D eigenvalue weighted by Crippen LogP contribution is 2.23. The van der Waals surface area contributed by atoms with E-state index >= 15 is 0 Å². The molecule has 0 aromatic carbocycles. The molecule has 5 nitrogen and oxygen atoms in total. The van der Waals surface area contributed by atoms with Crippen molar-refractivity contribution >= 4 is 11.3 Å². The standard InChI is InChI=1S/C15H21N5/c1-2-9-19(8-1)13-5-6-14-17-15(18-20(14)11-13)12-4-3-7-16-10-12/h5-6,11-12,16H,1-4,7-10H2. The molecule has 4 heterocycles. The molecule has 2 saturated heterocycles. The van der Waals surface area contributed by atoms with E-state index < -0.39 is 0 Å². The van der Waals surface area contributed by atoms with Gasteiger partial charge in [-0.1, -0.05) is 0 Å². The van der Waals surface area contributed by atoms with Crippen LogP contribution in [0.3, 0.4) is 0 Å². The van der Waals surface area contributed by atoms with Crippen LogP contribution in [0.25, 0.3) is 5.65 Å². The van der Waals surface area contributed by atoms with Crippen molar-refractivity contribution in [2.45, 2.75) is 31.6 Å². The van der Waals surface area contributed by atoms with Gasteiger partial charge in [0.25, 0.3) is 0 Å². The van der Waals surface area contributed by atoms with Gasteiger partial charge >= 0.3 is 0 Å². The zero-order chi connectivity index (χ0) is 13.4. The van der Waals surface area contributed by atoms with Crippen molar-refractivity contribution in [2.75, 3.05) is 31.1 Å². The maximum Gasteiger partial charge on any atom is 0.156 e. The molecule has 2 aliphatic heterocycles. The van der Waals surface area contributed by atoms with E-state index in [1.165, 1.54) is 44.5 Å². The molecule has 0 bridgehead atoms. The lowest BCUT2D eigenvalue weighted by molar-refractivity contribution is 0.447. The predicted molar refractivity (Wildman–Crippen MR) is 79.3 cm³/mol. The Morgan fingerprint density at radius 1 is 1.15 bits per heavy atom. The fraction of sp³-hybridized carbons (Fsp3) is 0.600. The van der Waals surface area contributed by atoms with Crippen molar-refractivity contribution in [2.24, 2.45) is 0 Å². The third kappa shape index (κ3) is 2.16. The predicted octanol–water partition coefficient (Wildman–Crippen LogP) is 1.80. The number of piperidine rings is 1. The van der Waals surface area contributed by atoms with Crippen LogP contribution in [0.2, 0.25) is 0 Å². The molecule has 5 heteroatoms. The van der Waals surface area contributed by atoms with E-state index in [2.05, 4.69) is 28.5 Å². The van der Waals surface area contributed by atoms with E-state index in [0.29, 0.717) is 5.92 Å². The summed E-state index contributed by atoms with van der Waals surface area (Å²) in [4.78, 5) is 7.13. The minimum atomic E-state index is 0.471. The summed E-state index contributed by atoms with van der Waals surface area (Å²) in [6.45, 7) is 4.47. The fourth-order valence-corrected chi connectivity index (χ4v) is 3.30. The Balaban J connectivity index is 1.64. The zero-order valence-electron chi connectivity index (χ0n) is 11.8. The summed E-state index contributed by atoms with van der Waals surface area (Å²) in [6, 6.07) is 4.28. The van der Waals surface area contributed by atoms with Crippen molar-refractivity contribution in [3.63, 3.8) is 0 Å². The van der Waals surface area contributed by atoms with Crippen molar-refractivity contribution in [1.82, 2.24) is 19.9 Å². The molecule has 0 aliphatic carbocycles. The normalized spacial score (nSPS) is 23.6. The van der Waals surface area contributed by atoms with E-state index in [1.54, 1.807) is 0 Å². The SMILES string of the molecule is c1cc2nc(C3CCCNC3)nn2cc1N1CCCC1. The molecule has 4 rings (SSSR count). The Morgan fingerprint density at radius 2 is 2.05 bits per heavy atom. The number of aromatic nitrogens is 3. The Kier molecular flexibility index (Phi) is 3.07. The molecule has 106 valence electrons. The average Bonchev–Trinajstić information content (AvgIpc) is 3.16. The molecule has 0 amide bonds. The first-order chi connectivity index (χ1) is 9.90. The Hall–Kier alpha value is -1.62. The number of rotatable bonds is 2. The van der Waals surface area contributed by atoms with E-state index in [-0.39, 0.29) is 0 Å². The van der Waals surface area contributed by atoms with Crippen molar-refractivity contribution in [3.05, 3.63) is 24.2 Å². The first-order valence-corrected chi connectivity index (χ1v) is 7.72. The van der Waals surface area contributed by atoms with Crippen LogP contribution >= 0.6 is 0 Å². The topological polar surface area (TPSA) is 45.5 Å². The lowest BCUT2D eigenvalue weighted by Crippen LogP contribution is -2.28. The van der Waals surface area contributed by atoms with Crippen LogP contribution < -0.4 is 10.2 Å². The number of hydrogen-bond acceptors (Lipinski definition) is 4. The van der Waals surface area contributed by atoms with Gasteiger partial charge in [0.1, 0.15) is 0 Å². The third-order valence-corrected chi connectivity index (χ3v) is 4.46. The minimum absolute atomic E-state index is 0.471. The Labute approximate surface area is 119 Å². The molecule has 1 atom stereocenters. The third-order valence-electron chi connectivity index (χ3n) is 4.46. The van der Waals surface area contributed by atoms with Crippen molar-refractivity contribution < 1.29 is 0 Å². The van der Waals surface area contributed by atoms with Crippen molar-refractivity contribution in [1.29, 1.82) is 0 Å². The minimum Gasteiger partial charge on any atom is -0.370 e. The maximum atomic E-state index is 4.71. The van der Waals surface area contributed by atoms with Gasteiger partial charge in [-0.05, 0) is 44.4 Å². The largest absolute Gasteiger partial charge is 0.370 e. The molecule has 1 unspecified atom stereocenters. The highest BCUT2D eigenvalue weighted by molar-refractivity contribution is 5.51.